The molecule has 1 aromatic carbocycles. The van der Waals surface area contributed by atoms with Crippen LogP contribution in [0.4, 0.5) is 5.69 Å². The largest absolute Gasteiger partial charge is 0.304 e. The molecule has 1 saturated heterocycles. The molecule has 0 saturated carbocycles. The van der Waals surface area contributed by atoms with Gasteiger partial charge in [-0.1, -0.05) is 24.6 Å². The van der Waals surface area contributed by atoms with Gasteiger partial charge in [0, 0.05) is 19.6 Å². The molecule has 1 heterocycles. The summed E-state index contributed by atoms with van der Waals surface area (Å²) in [6, 6.07) is 7.57. The maximum Gasteiger partial charge on any atom is 0.304 e. The molecule has 5 heteroatoms. The number of anilines is 1. The lowest BCUT2D eigenvalue weighted by molar-refractivity contribution is 0.469. The Kier molecular flexibility index (Phi) is 2.90. The number of rotatable bonds is 2. The summed E-state index contributed by atoms with van der Waals surface area (Å²) in [5, 5.41) is 0. The lowest BCUT2D eigenvalue weighted by atomic mass is 10.2. The van der Waals surface area contributed by atoms with Gasteiger partial charge in [-0.15, -0.1) is 0 Å². The summed E-state index contributed by atoms with van der Waals surface area (Å²) in [4.78, 5) is 0. The molecule has 4 nitrogen and oxygen atoms in total. The van der Waals surface area contributed by atoms with E-state index >= 15 is 0 Å². The van der Waals surface area contributed by atoms with Crippen molar-refractivity contribution in [2.45, 2.75) is 13.8 Å². The normalized spacial score (nSPS) is 20.2. The number of hydrogen-bond acceptors (Lipinski definition) is 2. The average Bonchev–Trinajstić information content (AvgIpc) is 2.54. The predicted octanol–water partition coefficient (Wildman–Crippen LogP) is 1.38. The lowest BCUT2D eigenvalue weighted by Gasteiger charge is -2.19. The fourth-order valence-electron chi connectivity index (χ4n) is 1.87. The van der Waals surface area contributed by atoms with Gasteiger partial charge in [0.05, 0.1) is 5.69 Å². The lowest BCUT2D eigenvalue weighted by Crippen LogP contribution is -2.32. The summed E-state index contributed by atoms with van der Waals surface area (Å²) < 4.78 is 27.1. The smallest absolute Gasteiger partial charge is 0.256 e. The van der Waals surface area contributed by atoms with Gasteiger partial charge in [0.25, 0.3) is 0 Å². The fourth-order valence-corrected chi connectivity index (χ4v) is 3.48. The molecular formula is C11H16N2O2S. The van der Waals surface area contributed by atoms with Crippen LogP contribution in [0.25, 0.3) is 0 Å². The zero-order valence-electron chi connectivity index (χ0n) is 9.55. The predicted molar refractivity (Wildman–Crippen MR) is 64.7 cm³/mol. The maximum absolute atomic E-state index is 12.1. The SMILES string of the molecule is CCN1CCN(c2ccc(C)cc2)S1(=O)=O. The Bertz CT molecular complexity index is 467. The van der Waals surface area contributed by atoms with Gasteiger partial charge in [-0.05, 0) is 19.1 Å². The molecule has 0 N–H and O–H groups in total. The second kappa shape index (κ2) is 4.07. The van der Waals surface area contributed by atoms with Crippen LogP contribution in [0.3, 0.4) is 0 Å². The van der Waals surface area contributed by atoms with Crippen molar-refractivity contribution in [3.63, 3.8) is 0 Å². The van der Waals surface area contributed by atoms with Crippen LogP contribution in [-0.4, -0.2) is 32.4 Å². The van der Waals surface area contributed by atoms with Crippen LogP contribution in [0.2, 0.25) is 0 Å². The van der Waals surface area contributed by atoms with Crippen LogP contribution in [-0.2, 0) is 10.2 Å². The molecule has 0 bridgehead atoms. The Morgan fingerprint density at radius 1 is 1.19 bits per heavy atom. The first-order valence-electron chi connectivity index (χ1n) is 5.40. The summed E-state index contributed by atoms with van der Waals surface area (Å²) in [7, 11) is -3.28. The number of aryl methyl sites for hydroxylation is 1. The topological polar surface area (TPSA) is 40.6 Å². The van der Waals surface area contributed by atoms with Crippen LogP contribution in [0.15, 0.2) is 24.3 Å². The first-order valence-corrected chi connectivity index (χ1v) is 6.80. The van der Waals surface area contributed by atoms with Crippen molar-refractivity contribution in [3.05, 3.63) is 29.8 Å². The highest BCUT2D eigenvalue weighted by molar-refractivity contribution is 7.90. The highest BCUT2D eigenvalue weighted by atomic mass is 32.2. The molecule has 0 unspecified atom stereocenters. The molecular weight excluding hydrogens is 224 g/mol. The molecule has 1 aliphatic rings. The van der Waals surface area contributed by atoms with Crippen LogP contribution in [0.1, 0.15) is 12.5 Å². The minimum absolute atomic E-state index is 0.532. The van der Waals surface area contributed by atoms with Crippen molar-refractivity contribution < 1.29 is 8.42 Å². The molecule has 2 rings (SSSR count). The third-order valence-corrected chi connectivity index (χ3v) is 4.88. The molecule has 1 aliphatic heterocycles. The summed E-state index contributed by atoms with van der Waals surface area (Å²) in [6.07, 6.45) is 0. The number of benzene rings is 1. The van der Waals surface area contributed by atoms with Gasteiger partial charge in [0.15, 0.2) is 0 Å². The van der Waals surface area contributed by atoms with Crippen molar-refractivity contribution in [1.82, 2.24) is 4.31 Å². The van der Waals surface area contributed by atoms with E-state index < -0.39 is 10.2 Å². The van der Waals surface area contributed by atoms with Gasteiger partial charge < -0.3 is 0 Å². The van der Waals surface area contributed by atoms with Gasteiger partial charge >= 0.3 is 10.2 Å². The van der Waals surface area contributed by atoms with E-state index in [4.69, 9.17) is 0 Å². The van der Waals surface area contributed by atoms with Gasteiger partial charge in [-0.2, -0.15) is 12.7 Å². The third-order valence-electron chi connectivity index (χ3n) is 2.83. The molecule has 88 valence electrons. The van der Waals surface area contributed by atoms with E-state index in [-0.39, 0.29) is 0 Å². The number of hydrogen-bond donors (Lipinski definition) is 0. The second-order valence-corrected chi connectivity index (χ2v) is 5.76. The van der Waals surface area contributed by atoms with E-state index in [2.05, 4.69) is 0 Å². The Morgan fingerprint density at radius 3 is 2.31 bits per heavy atom. The molecule has 0 aliphatic carbocycles. The van der Waals surface area contributed by atoms with Gasteiger partial charge in [0.2, 0.25) is 0 Å². The van der Waals surface area contributed by atoms with Crippen LogP contribution < -0.4 is 4.31 Å². The molecule has 0 spiro atoms. The molecule has 0 aromatic heterocycles. The summed E-state index contributed by atoms with van der Waals surface area (Å²) in [5.41, 5.74) is 1.88. The zero-order chi connectivity index (χ0) is 11.8. The monoisotopic (exact) mass is 240 g/mol. The fraction of sp³-hybridized carbons (Fsp3) is 0.455. The average molecular weight is 240 g/mol. The molecule has 1 fully saturated rings. The molecule has 1 aromatic rings. The first-order chi connectivity index (χ1) is 7.55. The van der Waals surface area contributed by atoms with E-state index in [9.17, 15) is 8.42 Å². The molecule has 0 atom stereocenters. The Morgan fingerprint density at radius 2 is 1.81 bits per heavy atom. The molecule has 16 heavy (non-hydrogen) atoms. The quantitative estimate of drug-likeness (QED) is 0.783. The molecule has 0 amide bonds. The minimum atomic E-state index is -3.28. The Labute approximate surface area is 96.7 Å². The Balaban J connectivity index is 2.33. The van der Waals surface area contributed by atoms with E-state index in [1.807, 2.05) is 38.1 Å². The molecule has 0 radical (unpaired) electrons. The standard InChI is InChI=1S/C11H16N2O2S/c1-3-12-8-9-13(16(12,14)15)11-6-4-10(2)5-7-11/h4-7H,3,8-9H2,1-2H3. The number of nitrogens with zero attached hydrogens (tertiary/aromatic N) is 2. The van der Waals surface area contributed by atoms with Crippen molar-refractivity contribution in [3.8, 4) is 0 Å². The van der Waals surface area contributed by atoms with E-state index in [0.717, 1.165) is 11.3 Å². The summed E-state index contributed by atoms with van der Waals surface area (Å²) in [6.45, 7) is 5.49. The van der Waals surface area contributed by atoms with Crippen LogP contribution in [0.5, 0.6) is 0 Å². The highest BCUT2D eigenvalue weighted by Gasteiger charge is 2.35. The van der Waals surface area contributed by atoms with Crippen LogP contribution >= 0.6 is 0 Å². The summed E-state index contributed by atoms with van der Waals surface area (Å²) in [5.74, 6) is 0. The minimum Gasteiger partial charge on any atom is -0.256 e. The van der Waals surface area contributed by atoms with Crippen LogP contribution in [0, 0.1) is 6.92 Å². The maximum atomic E-state index is 12.1. The van der Waals surface area contributed by atoms with Crippen molar-refractivity contribution >= 4 is 15.9 Å². The first kappa shape index (κ1) is 11.4. The third kappa shape index (κ3) is 1.81. The zero-order valence-corrected chi connectivity index (χ0v) is 10.4. The van der Waals surface area contributed by atoms with Crippen molar-refractivity contribution in [2.75, 3.05) is 23.9 Å². The van der Waals surface area contributed by atoms with Crippen molar-refractivity contribution in [1.29, 1.82) is 0 Å². The van der Waals surface area contributed by atoms with Gasteiger partial charge in [-0.25, -0.2) is 0 Å². The van der Waals surface area contributed by atoms with Gasteiger partial charge in [-0.3, -0.25) is 4.31 Å². The highest BCUT2D eigenvalue weighted by Crippen LogP contribution is 2.24. The van der Waals surface area contributed by atoms with Crippen molar-refractivity contribution in [2.24, 2.45) is 0 Å². The second-order valence-electron chi connectivity index (χ2n) is 3.91. The van der Waals surface area contributed by atoms with E-state index in [1.165, 1.54) is 8.61 Å². The number of likely N-dealkylation sites (N-methyl/N-ethyl adjacent to an activating group) is 1. The van der Waals surface area contributed by atoms with E-state index in [1.54, 1.807) is 0 Å². The van der Waals surface area contributed by atoms with E-state index in [0.29, 0.717) is 19.6 Å². The Hall–Kier alpha value is -1.07. The summed E-state index contributed by atoms with van der Waals surface area (Å²) >= 11 is 0. The van der Waals surface area contributed by atoms with Gasteiger partial charge in [0.1, 0.15) is 0 Å².